The molecule has 4 atom stereocenters. The number of ether oxygens (including phenoxy) is 2. The molecule has 36 heavy (non-hydrogen) atoms. The third-order valence-electron chi connectivity index (χ3n) is 6.58. The van der Waals surface area contributed by atoms with E-state index in [9.17, 15) is 18.8 Å². The van der Waals surface area contributed by atoms with Gasteiger partial charge in [-0.2, -0.15) is 10.1 Å². The quantitative estimate of drug-likeness (QED) is 0.300. The van der Waals surface area contributed by atoms with Gasteiger partial charge in [-0.05, 0) is 83.1 Å². The Morgan fingerprint density at radius 1 is 1.14 bits per heavy atom. The topological polar surface area (TPSA) is 97.3 Å². The first kappa shape index (κ1) is 24.2. The minimum atomic E-state index is -0.429. The van der Waals surface area contributed by atoms with Crippen LogP contribution in [0, 0.1) is 29.5 Å². The summed E-state index contributed by atoms with van der Waals surface area (Å²) >= 11 is 3.44. The van der Waals surface area contributed by atoms with Crippen molar-refractivity contribution in [2.45, 2.75) is 13.3 Å². The van der Waals surface area contributed by atoms with Crippen molar-refractivity contribution in [3.63, 3.8) is 0 Å². The molecule has 3 aliphatic rings. The lowest BCUT2D eigenvalue weighted by Crippen LogP contribution is -2.28. The second-order valence-corrected chi connectivity index (χ2v) is 9.69. The standard InChI is InChI=1S/C26H23BrFN3O5/c1-2-35-20-10-14(12-29-31-25(33)22-15-3-4-16(11-15)23(22)26(31)34)9-19(27)24(20)36-13-21(32)30-18-7-5-17(28)6-8-18/h3-10,12,15-16,22-23H,2,11,13H2,1H3,(H,30,32)/t15-,16-,22-,23+/m0/s1. The monoisotopic (exact) mass is 555 g/mol. The van der Waals surface area contributed by atoms with Crippen LogP contribution in [-0.2, 0) is 14.4 Å². The third kappa shape index (κ3) is 4.53. The Morgan fingerprint density at radius 3 is 2.44 bits per heavy atom. The maximum absolute atomic E-state index is 13.1. The number of fused-ring (bicyclic) bond motifs is 5. The Kier molecular flexibility index (Phi) is 6.61. The zero-order valence-corrected chi connectivity index (χ0v) is 20.9. The van der Waals surface area contributed by atoms with Gasteiger partial charge in [0, 0.05) is 5.69 Å². The van der Waals surface area contributed by atoms with E-state index < -0.39 is 11.7 Å². The summed E-state index contributed by atoms with van der Waals surface area (Å²) < 4.78 is 24.9. The summed E-state index contributed by atoms with van der Waals surface area (Å²) in [5, 5.41) is 7.82. The summed E-state index contributed by atoms with van der Waals surface area (Å²) in [4.78, 5) is 38.0. The van der Waals surface area contributed by atoms with Gasteiger partial charge in [0.15, 0.2) is 18.1 Å². The normalized spacial score (nSPS) is 24.0. The number of allylic oxidation sites excluding steroid dienone is 2. The molecule has 0 spiro atoms. The number of hydrogen-bond donors (Lipinski definition) is 1. The van der Waals surface area contributed by atoms with Crippen molar-refractivity contribution in [2.24, 2.45) is 28.8 Å². The highest BCUT2D eigenvalue weighted by molar-refractivity contribution is 9.10. The summed E-state index contributed by atoms with van der Waals surface area (Å²) in [5.74, 6) is -1.05. The molecule has 0 unspecified atom stereocenters. The average Bonchev–Trinajstić information content (AvgIpc) is 3.53. The maximum Gasteiger partial charge on any atom is 0.262 e. The van der Waals surface area contributed by atoms with Crippen molar-refractivity contribution in [2.75, 3.05) is 18.5 Å². The minimum Gasteiger partial charge on any atom is -0.490 e. The summed E-state index contributed by atoms with van der Waals surface area (Å²) in [5.41, 5.74) is 1.02. The summed E-state index contributed by atoms with van der Waals surface area (Å²) in [7, 11) is 0. The average molecular weight is 556 g/mol. The molecule has 1 saturated heterocycles. The van der Waals surface area contributed by atoms with Crippen LogP contribution >= 0.6 is 15.9 Å². The Balaban J connectivity index is 1.28. The second-order valence-electron chi connectivity index (χ2n) is 8.84. The molecule has 2 aromatic carbocycles. The summed E-state index contributed by atoms with van der Waals surface area (Å²) in [6, 6.07) is 8.74. The van der Waals surface area contributed by atoms with Crippen LogP contribution in [-0.4, -0.2) is 42.2 Å². The van der Waals surface area contributed by atoms with Crippen LogP contribution in [0.25, 0.3) is 0 Å². The molecule has 1 N–H and O–H groups in total. The number of nitrogens with zero attached hydrogens (tertiary/aromatic N) is 2. The Morgan fingerprint density at radius 2 is 1.81 bits per heavy atom. The van der Waals surface area contributed by atoms with Gasteiger partial charge in [0.05, 0.1) is 29.1 Å². The first-order chi connectivity index (χ1) is 17.4. The van der Waals surface area contributed by atoms with Crippen molar-refractivity contribution in [3.05, 3.63) is 64.4 Å². The van der Waals surface area contributed by atoms with Gasteiger partial charge >= 0.3 is 0 Å². The lowest BCUT2D eigenvalue weighted by molar-refractivity contribution is -0.140. The molecular formula is C26H23BrFN3O5. The van der Waals surface area contributed by atoms with Gasteiger partial charge < -0.3 is 14.8 Å². The van der Waals surface area contributed by atoms with E-state index in [2.05, 4.69) is 26.3 Å². The number of imide groups is 1. The Bertz CT molecular complexity index is 1250. The van der Waals surface area contributed by atoms with Gasteiger partial charge in [-0.1, -0.05) is 12.2 Å². The van der Waals surface area contributed by atoms with Crippen LogP contribution in [0.4, 0.5) is 10.1 Å². The fourth-order valence-electron chi connectivity index (χ4n) is 5.06. The van der Waals surface area contributed by atoms with E-state index in [1.54, 1.807) is 12.1 Å². The molecule has 3 amide bonds. The Hall–Kier alpha value is -3.53. The van der Waals surface area contributed by atoms with E-state index in [4.69, 9.17) is 9.47 Å². The molecular weight excluding hydrogens is 533 g/mol. The Labute approximate surface area is 215 Å². The third-order valence-corrected chi connectivity index (χ3v) is 7.17. The highest BCUT2D eigenvalue weighted by Gasteiger charge is 2.59. The van der Waals surface area contributed by atoms with Gasteiger partial charge in [0.1, 0.15) is 5.82 Å². The molecule has 186 valence electrons. The summed E-state index contributed by atoms with van der Waals surface area (Å²) in [6.07, 6.45) is 6.37. The second kappa shape index (κ2) is 9.85. The van der Waals surface area contributed by atoms with Gasteiger partial charge in [-0.3, -0.25) is 14.4 Å². The molecule has 2 aliphatic carbocycles. The molecule has 2 fully saturated rings. The fraction of sp³-hybridized carbons (Fsp3) is 0.308. The van der Waals surface area contributed by atoms with E-state index in [-0.39, 0.29) is 42.1 Å². The molecule has 0 aromatic heterocycles. The number of carbonyl (C=O) groups is 3. The number of hydrogen-bond acceptors (Lipinski definition) is 6. The number of benzene rings is 2. The predicted molar refractivity (Wildman–Crippen MR) is 133 cm³/mol. The van der Waals surface area contributed by atoms with Crippen LogP contribution in [0.3, 0.4) is 0 Å². The molecule has 1 saturated carbocycles. The largest absolute Gasteiger partial charge is 0.490 e. The van der Waals surface area contributed by atoms with Gasteiger partial charge in [-0.15, -0.1) is 0 Å². The minimum absolute atomic E-state index is 0.118. The zero-order valence-electron chi connectivity index (χ0n) is 19.3. The number of halogens is 2. The first-order valence-corrected chi connectivity index (χ1v) is 12.4. The molecule has 0 radical (unpaired) electrons. The predicted octanol–water partition coefficient (Wildman–Crippen LogP) is 4.15. The fourth-order valence-corrected chi connectivity index (χ4v) is 5.63. The van der Waals surface area contributed by atoms with Crippen LogP contribution in [0.2, 0.25) is 0 Å². The van der Waals surface area contributed by atoms with Gasteiger partial charge in [0.2, 0.25) is 0 Å². The van der Waals surface area contributed by atoms with Crippen molar-refractivity contribution in [3.8, 4) is 11.5 Å². The van der Waals surface area contributed by atoms with E-state index in [1.807, 2.05) is 19.1 Å². The van der Waals surface area contributed by atoms with Crippen LogP contribution in [0.5, 0.6) is 11.5 Å². The molecule has 8 nitrogen and oxygen atoms in total. The number of hydrazone groups is 1. The highest BCUT2D eigenvalue weighted by Crippen LogP contribution is 2.52. The van der Waals surface area contributed by atoms with Crippen molar-refractivity contribution < 1.29 is 28.2 Å². The van der Waals surface area contributed by atoms with E-state index in [1.165, 1.54) is 30.5 Å². The lowest BCUT2D eigenvalue weighted by atomic mass is 9.85. The van der Waals surface area contributed by atoms with Crippen molar-refractivity contribution in [1.82, 2.24) is 5.01 Å². The highest BCUT2D eigenvalue weighted by atomic mass is 79.9. The van der Waals surface area contributed by atoms with Gasteiger partial charge in [0.25, 0.3) is 17.7 Å². The number of nitrogens with one attached hydrogen (secondary N) is 1. The number of amides is 3. The smallest absolute Gasteiger partial charge is 0.262 e. The molecule has 2 aromatic rings. The van der Waals surface area contributed by atoms with Crippen LogP contribution < -0.4 is 14.8 Å². The number of carbonyl (C=O) groups excluding carboxylic acids is 3. The first-order valence-electron chi connectivity index (χ1n) is 11.6. The number of anilines is 1. The van der Waals surface area contributed by atoms with Crippen molar-refractivity contribution >= 4 is 45.6 Å². The number of rotatable bonds is 8. The van der Waals surface area contributed by atoms with Crippen LogP contribution in [0.1, 0.15) is 18.9 Å². The summed E-state index contributed by atoms with van der Waals surface area (Å²) in [6.45, 7) is 1.84. The SMILES string of the molecule is CCOc1cc(C=NN2C(=O)[C@@H]3[C@H](C2=O)[C@H]2C=C[C@H]3C2)cc(Br)c1OCC(=O)Nc1ccc(F)cc1. The molecule has 1 aliphatic heterocycles. The zero-order chi connectivity index (χ0) is 25.4. The van der Waals surface area contributed by atoms with E-state index >= 15 is 0 Å². The van der Waals surface area contributed by atoms with E-state index in [0.29, 0.717) is 33.8 Å². The molecule has 5 rings (SSSR count). The molecule has 10 heteroatoms. The van der Waals surface area contributed by atoms with E-state index in [0.717, 1.165) is 11.4 Å². The van der Waals surface area contributed by atoms with Crippen LogP contribution in [0.15, 0.2) is 58.1 Å². The maximum atomic E-state index is 13.1. The van der Waals surface area contributed by atoms with Gasteiger partial charge in [-0.25, -0.2) is 4.39 Å². The van der Waals surface area contributed by atoms with Crippen molar-refractivity contribution in [1.29, 1.82) is 0 Å². The molecule has 2 bridgehead atoms. The lowest BCUT2D eigenvalue weighted by Gasteiger charge is -2.15. The molecule has 1 heterocycles.